The summed E-state index contributed by atoms with van der Waals surface area (Å²) in [5, 5.41) is 15.0. The van der Waals surface area contributed by atoms with Crippen molar-refractivity contribution in [2.45, 2.75) is 56.6 Å². The van der Waals surface area contributed by atoms with Crippen LogP contribution in [0.15, 0.2) is 140 Å². The number of aryl methyl sites for hydroxylation is 2. The lowest BCUT2D eigenvalue weighted by molar-refractivity contribution is -0.134. The van der Waals surface area contributed by atoms with E-state index in [0.717, 1.165) is 27.8 Å². The number of ether oxygens (including phenoxy) is 2. The van der Waals surface area contributed by atoms with Crippen LogP contribution in [0.1, 0.15) is 75.4 Å². The van der Waals surface area contributed by atoms with Gasteiger partial charge in [0.1, 0.15) is 11.6 Å². The maximum atomic E-state index is 14.0. The summed E-state index contributed by atoms with van der Waals surface area (Å²) in [6.07, 6.45) is 0.528. The number of rotatable bonds is 14. The van der Waals surface area contributed by atoms with Crippen molar-refractivity contribution < 1.29 is 19.1 Å². The molecule has 0 N–H and O–H groups in total. The summed E-state index contributed by atoms with van der Waals surface area (Å²) < 4.78 is 14.7. The van der Waals surface area contributed by atoms with E-state index in [9.17, 15) is 9.59 Å². The minimum Gasteiger partial charge on any atom is -0.479 e. The smallest absolute Gasteiger partial charge is 0.357 e. The first-order valence-corrected chi connectivity index (χ1v) is 21.2. The molecule has 0 fully saturated rings. The highest BCUT2D eigenvalue weighted by atomic mass is 79.9. The van der Waals surface area contributed by atoms with Crippen LogP contribution in [0.25, 0.3) is 11.4 Å². The second-order valence-corrected chi connectivity index (χ2v) is 15.6. The number of tetrazole rings is 1. The van der Waals surface area contributed by atoms with Crippen molar-refractivity contribution >= 4 is 27.8 Å². The molecule has 12 heteroatoms. The van der Waals surface area contributed by atoms with Crippen LogP contribution in [-0.4, -0.2) is 66.2 Å². The van der Waals surface area contributed by atoms with E-state index in [4.69, 9.17) is 29.9 Å². The number of amides is 1. The Morgan fingerprint density at radius 3 is 1.95 bits per heavy atom. The van der Waals surface area contributed by atoms with E-state index in [-0.39, 0.29) is 24.8 Å². The third-order valence-electron chi connectivity index (χ3n) is 11.4. The van der Waals surface area contributed by atoms with E-state index in [1.165, 1.54) is 0 Å². The molecule has 304 valence electrons. The van der Waals surface area contributed by atoms with Crippen molar-refractivity contribution in [1.82, 2.24) is 34.7 Å². The minimum absolute atomic E-state index is 0.156. The lowest BCUT2D eigenvalue weighted by Crippen LogP contribution is -2.40. The first kappa shape index (κ1) is 40.4. The Bertz CT molecular complexity index is 2510. The number of fused-ring (bicyclic) bond motifs is 1. The van der Waals surface area contributed by atoms with Crippen LogP contribution in [-0.2, 0) is 33.6 Å². The fourth-order valence-corrected chi connectivity index (χ4v) is 9.36. The fraction of sp³-hybridized carbons (Fsp3) is 0.250. The van der Waals surface area contributed by atoms with Gasteiger partial charge in [-0.25, -0.2) is 9.78 Å². The summed E-state index contributed by atoms with van der Waals surface area (Å²) >= 11 is 4.10. The topological polar surface area (TPSA) is 117 Å². The molecule has 0 saturated carbocycles. The van der Waals surface area contributed by atoms with Crippen LogP contribution < -0.4 is 4.74 Å². The van der Waals surface area contributed by atoms with Gasteiger partial charge in [-0.3, -0.25) is 4.79 Å². The van der Waals surface area contributed by atoms with Crippen LogP contribution in [0.2, 0.25) is 0 Å². The molecule has 1 aliphatic rings. The van der Waals surface area contributed by atoms with Crippen LogP contribution in [0.5, 0.6) is 5.75 Å². The SMILES string of the molecule is CCc1nc(C)c(C(=O)OCC(=O)N(CC)CC)n1CC1(c2ccccc2-c2nnn(C(c3ccccc3)(c3ccccc3)c3ccccc3)n2)Oc2ccccc2C1Br. The molecule has 11 nitrogen and oxygen atoms in total. The fourth-order valence-electron chi connectivity index (χ4n) is 8.49. The Morgan fingerprint density at radius 1 is 0.800 bits per heavy atom. The second-order valence-electron chi connectivity index (χ2n) is 14.7. The molecule has 0 radical (unpaired) electrons. The maximum absolute atomic E-state index is 14.0. The molecular weight excluding hydrogens is 818 g/mol. The number of imidazole rings is 1. The lowest BCUT2D eigenvalue weighted by atomic mass is 9.77. The lowest BCUT2D eigenvalue weighted by Gasteiger charge is -2.35. The molecular formula is C48H46BrN7O4. The minimum atomic E-state index is -1.16. The van der Waals surface area contributed by atoms with Crippen molar-refractivity contribution in [3.63, 3.8) is 0 Å². The Hall–Kier alpha value is -6.40. The number of likely N-dealkylation sites (N-methyl/N-ethyl adjacent to an activating group) is 1. The van der Waals surface area contributed by atoms with Crippen molar-refractivity contribution in [3.05, 3.63) is 185 Å². The first-order valence-electron chi connectivity index (χ1n) is 20.3. The second kappa shape index (κ2) is 17.1. The molecule has 2 unspecified atom stereocenters. The van der Waals surface area contributed by atoms with Gasteiger partial charge < -0.3 is 18.9 Å². The number of carbonyl (C=O) groups excluding carboxylic acids is 2. The van der Waals surface area contributed by atoms with E-state index in [1.54, 1.807) is 16.6 Å². The van der Waals surface area contributed by atoms with Gasteiger partial charge >= 0.3 is 5.97 Å². The van der Waals surface area contributed by atoms with E-state index >= 15 is 0 Å². The quantitative estimate of drug-likeness (QED) is 0.0606. The summed E-state index contributed by atoms with van der Waals surface area (Å²) in [5.74, 6) is 0.876. The molecule has 3 heterocycles. The Labute approximate surface area is 358 Å². The number of alkyl halides is 1. The van der Waals surface area contributed by atoms with Gasteiger partial charge in [-0.2, -0.15) is 0 Å². The van der Waals surface area contributed by atoms with Crippen LogP contribution in [0.3, 0.4) is 0 Å². The number of hydrogen-bond acceptors (Lipinski definition) is 8. The average Bonchev–Trinajstić information content (AvgIpc) is 3.99. The highest BCUT2D eigenvalue weighted by Gasteiger charge is 2.52. The van der Waals surface area contributed by atoms with E-state index in [2.05, 4.69) is 52.3 Å². The van der Waals surface area contributed by atoms with E-state index in [1.807, 2.05) is 128 Å². The molecule has 7 aromatic rings. The van der Waals surface area contributed by atoms with Gasteiger partial charge in [0.05, 0.1) is 17.1 Å². The number of esters is 1. The summed E-state index contributed by atoms with van der Waals surface area (Å²) in [4.78, 5) is 34.7. The largest absolute Gasteiger partial charge is 0.479 e. The molecule has 5 aromatic carbocycles. The molecule has 0 saturated heterocycles. The molecule has 0 bridgehead atoms. The molecule has 0 spiro atoms. The van der Waals surface area contributed by atoms with Gasteiger partial charge in [-0.05, 0) is 48.7 Å². The highest BCUT2D eigenvalue weighted by molar-refractivity contribution is 9.09. The number of halogens is 1. The highest BCUT2D eigenvalue weighted by Crippen LogP contribution is 2.56. The number of nitrogens with zero attached hydrogens (tertiary/aromatic N) is 7. The summed E-state index contributed by atoms with van der Waals surface area (Å²) in [6, 6.07) is 46.5. The van der Waals surface area contributed by atoms with Gasteiger partial charge in [-0.15, -0.1) is 15.0 Å². The summed E-state index contributed by atoms with van der Waals surface area (Å²) in [5.41, 5.74) is 3.94. The molecule has 0 aliphatic carbocycles. The van der Waals surface area contributed by atoms with Crippen molar-refractivity contribution in [2.75, 3.05) is 19.7 Å². The maximum Gasteiger partial charge on any atom is 0.357 e. The van der Waals surface area contributed by atoms with Gasteiger partial charge in [0.15, 0.2) is 23.4 Å². The Morgan fingerprint density at radius 2 is 1.37 bits per heavy atom. The first-order chi connectivity index (χ1) is 29.3. The zero-order valence-electron chi connectivity index (χ0n) is 34.0. The normalized spacial score (nSPS) is 15.9. The van der Waals surface area contributed by atoms with Gasteiger partial charge in [-0.1, -0.05) is 156 Å². The number of para-hydroxylation sites is 1. The van der Waals surface area contributed by atoms with E-state index in [0.29, 0.717) is 48.2 Å². The van der Waals surface area contributed by atoms with Gasteiger partial charge in [0, 0.05) is 36.2 Å². The van der Waals surface area contributed by atoms with E-state index < -0.39 is 21.9 Å². The number of hydrogen-bond donors (Lipinski definition) is 0. The van der Waals surface area contributed by atoms with Crippen molar-refractivity contribution in [3.8, 4) is 17.1 Å². The zero-order chi connectivity index (χ0) is 41.9. The zero-order valence-corrected chi connectivity index (χ0v) is 35.6. The molecule has 1 aliphatic heterocycles. The standard InChI is InChI=1S/C48H46BrN7O4/c1-5-41-50-33(4)43(46(58)59-31-42(57)54(6-2)7-3)55(41)32-47(44(49)38-28-18-20-30-40(38)60-47)39-29-19-17-27-37(39)45-51-53-56(52-45)48(34-21-11-8-12-22-34,35-23-13-9-14-24-35)36-25-15-10-16-26-36/h8-30,44H,5-7,31-32H2,1-4H3. The average molecular weight is 865 g/mol. The van der Waals surface area contributed by atoms with Crippen molar-refractivity contribution in [1.29, 1.82) is 0 Å². The third-order valence-corrected chi connectivity index (χ3v) is 12.6. The molecule has 2 atom stereocenters. The summed E-state index contributed by atoms with van der Waals surface area (Å²) in [7, 11) is 0. The summed E-state index contributed by atoms with van der Waals surface area (Å²) in [6.45, 7) is 8.39. The van der Waals surface area contributed by atoms with Crippen LogP contribution in [0.4, 0.5) is 0 Å². The molecule has 60 heavy (non-hydrogen) atoms. The van der Waals surface area contributed by atoms with Gasteiger partial charge in [0.2, 0.25) is 5.82 Å². The number of benzene rings is 5. The predicted molar refractivity (Wildman–Crippen MR) is 233 cm³/mol. The molecule has 2 aromatic heterocycles. The third kappa shape index (κ3) is 6.98. The Balaban J connectivity index is 1.28. The molecule has 8 rings (SSSR count). The molecule has 1 amide bonds. The number of carbonyl (C=O) groups is 2. The van der Waals surface area contributed by atoms with Crippen LogP contribution in [0, 0.1) is 6.92 Å². The number of aromatic nitrogens is 6. The monoisotopic (exact) mass is 863 g/mol. The predicted octanol–water partition coefficient (Wildman–Crippen LogP) is 8.70. The van der Waals surface area contributed by atoms with Crippen molar-refractivity contribution in [2.24, 2.45) is 0 Å². The van der Waals surface area contributed by atoms with Crippen LogP contribution >= 0.6 is 15.9 Å². The van der Waals surface area contributed by atoms with Gasteiger partial charge in [0.25, 0.3) is 5.91 Å². The Kier molecular flexibility index (Phi) is 11.5.